The van der Waals surface area contributed by atoms with Crippen LogP contribution in [0.3, 0.4) is 0 Å². The molecule has 2 heterocycles. The van der Waals surface area contributed by atoms with Gasteiger partial charge in [0.15, 0.2) is 17.7 Å². The Morgan fingerprint density at radius 2 is 1.39 bits per heavy atom. The highest BCUT2D eigenvalue weighted by Crippen LogP contribution is 2.41. The van der Waals surface area contributed by atoms with E-state index >= 15 is 0 Å². The molecule has 0 bridgehead atoms. The van der Waals surface area contributed by atoms with Crippen LogP contribution in [0, 0.1) is 6.92 Å². The van der Waals surface area contributed by atoms with E-state index in [1.54, 1.807) is 46.8 Å². The molecule has 44 heavy (non-hydrogen) atoms. The second kappa shape index (κ2) is 11.2. The highest BCUT2D eigenvalue weighted by molar-refractivity contribution is 7.89. The lowest BCUT2D eigenvalue weighted by Gasteiger charge is -2.47. The van der Waals surface area contributed by atoms with Gasteiger partial charge in [-0.15, -0.1) is 0 Å². The van der Waals surface area contributed by atoms with Crippen molar-refractivity contribution < 1.29 is 54.9 Å². The van der Waals surface area contributed by atoms with Crippen molar-refractivity contribution in [1.82, 2.24) is 9.62 Å². The number of carbonyl (C=O) groups excluding carboxylic acids is 2. The highest BCUT2D eigenvalue weighted by Gasteiger charge is 2.59. The maximum Gasteiger partial charge on any atom is 0.471 e. The molecule has 0 spiro atoms. The van der Waals surface area contributed by atoms with Gasteiger partial charge >= 0.3 is 18.1 Å². The molecule has 2 saturated heterocycles. The number of carbonyl (C=O) groups is 2. The average Bonchev–Trinajstić information content (AvgIpc) is 3.39. The van der Waals surface area contributed by atoms with Gasteiger partial charge < -0.3 is 28.6 Å². The van der Waals surface area contributed by atoms with Crippen molar-refractivity contribution in [3.8, 4) is 0 Å². The number of esters is 1. The number of nitrogens with zero attached hydrogens (tertiary/aromatic N) is 1. The Morgan fingerprint density at radius 3 is 1.93 bits per heavy atom. The number of alkyl halides is 3. The number of benzene rings is 1. The number of nitrogens with one attached hydrogen (secondary N) is 1. The van der Waals surface area contributed by atoms with E-state index in [2.05, 4.69) is 4.72 Å². The largest absolute Gasteiger partial charge is 0.471 e. The zero-order valence-corrected chi connectivity index (χ0v) is 25.7. The van der Waals surface area contributed by atoms with E-state index < -0.39 is 88.3 Å². The van der Waals surface area contributed by atoms with Gasteiger partial charge in [-0.3, -0.25) is 9.59 Å². The quantitative estimate of drug-likeness (QED) is 0.367. The van der Waals surface area contributed by atoms with Crippen LogP contribution in [0.1, 0.15) is 40.2 Å². The Kier molecular flexibility index (Phi) is 8.30. The van der Waals surface area contributed by atoms with Gasteiger partial charge in [-0.1, -0.05) is 42.0 Å². The SMILES string of the molecule is CC(=O)O[C@H]1[C@@H]2OC(C)(C)O[C@@H]2C=C[C@@H]1N(C(=O)C(F)(F)F)[C@H]1C=C[C@H]2OC(C)(C)O[C@H]2[C@@H]1NS(=O)(=O)c1ccc(C)cc1. The van der Waals surface area contributed by atoms with E-state index in [9.17, 15) is 31.2 Å². The molecule has 1 amide bonds. The molecule has 1 N–H and O–H groups in total. The topological polar surface area (TPSA) is 130 Å². The highest BCUT2D eigenvalue weighted by atomic mass is 32.2. The first-order valence-corrected chi connectivity index (χ1v) is 15.5. The van der Waals surface area contributed by atoms with Gasteiger partial charge in [-0.2, -0.15) is 13.2 Å². The summed E-state index contributed by atoms with van der Waals surface area (Å²) < 4.78 is 102. The Morgan fingerprint density at radius 1 is 0.864 bits per heavy atom. The molecular weight excluding hydrogens is 609 g/mol. The van der Waals surface area contributed by atoms with Gasteiger partial charge in [-0.05, 0) is 46.8 Å². The zero-order chi connectivity index (χ0) is 32.4. The first kappa shape index (κ1) is 32.6. The van der Waals surface area contributed by atoms with Crippen LogP contribution in [-0.4, -0.2) is 91.6 Å². The van der Waals surface area contributed by atoms with Crippen molar-refractivity contribution in [3.63, 3.8) is 0 Å². The van der Waals surface area contributed by atoms with Crippen LogP contribution in [0.15, 0.2) is 53.5 Å². The fraction of sp³-hybridized carbons (Fsp3) is 0.586. The van der Waals surface area contributed by atoms with Crippen LogP contribution in [-0.2, 0) is 43.3 Å². The predicted molar refractivity (Wildman–Crippen MR) is 147 cm³/mol. The van der Waals surface area contributed by atoms with Gasteiger partial charge in [0.05, 0.1) is 23.0 Å². The van der Waals surface area contributed by atoms with Crippen LogP contribution in [0.2, 0.25) is 0 Å². The van der Waals surface area contributed by atoms with E-state index in [1.165, 1.54) is 36.4 Å². The molecule has 5 rings (SSSR count). The molecule has 2 fully saturated rings. The van der Waals surface area contributed by atoms with E-state index in [0.29, 0.717) is 4.90 Å². The van der Waals surface area contributed by atoms with Crippen molar-refractivity contribution in [2.24, 2.45) is 0 Å². The lowest BCUT2D eigenvalue weighted by molar-refractivity contribution is -0.198. The van der Waals surface area contributed by atoms with Crippen molar-refractivity contribution in [2.45, 2.75) is 113 Å². The summed E-state index contributed by atoms with van der Waals surface area (Å²) >= 11 is 0. The number of amides is 1. The number of hydrogen-bond acceptors (Lipinski definition) is 9. The molecule has 0 saturated carbocycles. The van der Waals surface area contributed by atoms with Crippen molar-refractivity contribution >= 4 is 21.9 Å². The summed E-state index contributed by atoms with van der Waals surface area (Å²) in [6.45, 7) is 9.20. The molecule has 2 aliphatic heterocycles. The molecule has 242 valence electrons. The fourth-order valence-electron chi connectivity index (χ4n) is 6.09. The molecule has 1 aromatic carbocycles. The summed E-state index contributed by atoms with van der Waals surface area (Å²) in [6.07, 6.45) is -5.24. The first-order valence-electron chi connectivity index (χ1n) is 14.0. The van der Waals surface area contributed by atoms with Crippen molar-refractivity contribution in [2.75, 3.05) is 0 Å². The summed E-state index contributed by atoms with van der Waals surface area (Å²) in [7, 11) is -4.36. The van der Waals surface area contributed by atoms with Crippen LogP contribution in [0.4, 0.5) is 13.2 Å². The van der Waals surface area contributed by atoms with Crippen molar-refractivity contribution in [1.29, 1.82) is 0 Å². The van der Waals surface area contributed by atoms with Crippen LogP contribution >= 0.6 is 0 Å². The Labute approximate surface area is 253 Å². The van der Waals surface area contributed by atoms with Crippen molar-refractivity contribution in [3.05, 3.63) is 54.1 Å². The predicted octanol–water partition coefficient (Wildman–Crippen LogP) is 2.88. The monoisotopic (exact) mass is 644 g/mol. The lowest BCUT2D eigenvalue weighted by atomic mass is 9.86. The minimum Gasteiger partial charge on any atom is -0.457 e. The molecule has 0 aromatic heterocycles. The van der Waals surface area contributed by atoms with E-state index in [1.807, 2.05) is 0 Å². The van der Waals surface area contributed by atoms with E-state index in [-0.39, 0.29) is 4.90 Å². The number of aryl methyl sites for hydroxylation is 1. The zero-order valence-electron chi connectivity index (χ0n) is 24.9. The third kappa shape index (κ3) is 6.44. The smallest absolute Gasteiger partial charge is 0.457 e. The fourth-order valence-corrected chi connectivity index (χ4v) is 7.35. The van der Waals surface area contributed by atoms with E-state index in [0.717, 1.165) is 12.5 Å². The van der Waals surface area contributed by atoms with Crippen LogP contribution in [0.5, 0.6) is 0 Å². The van der Waals surface area contributed by atoms with Gasteiger partial charge in [0, 0.05) is 6.92 Å². The van der Waals surface area contributed by atoms with Crippen LogP contribution in [0.25, 0.3) is 0 Å². The molecule has 15 heteroatoms. The third-order valence-electron chi connectivity index (χ3n) is 7.75. The summed E-state index contributed by atoms with van der Waals surface area (Å²) in [5.41, 5.74) is 0.791. The number of ether oxygens (including phenoxy) is 5. The number of hydrogen-bond donors (Lipinski definition) is 1. The number of halogens is 3. The minimum atomic E-state index is -5.39. The summed E-state index contributed by atoms with van der Waals surface area (Å²) in [4.78, 5) is 25.9. The molecule has 4 aliphatic rings. The molecule has 11 nitrogen and oxygen atoms in total. The summed E-state index contributed by atoms with van der Waals surface area (Å²) in [6, 6.07) is 1.28. The number of sulfonamides is 1. The lowest BCUT2D eigenvalue weighted by Crippen LogP contribution is -2.67. The van der Waals surface area contributed by atoms with E-state index in [4.69, 9.17) is 23.7 Å². The Hall–Kier alpha value is -2.82. The Bertz CT molecular complexity index is 1460. The molecule has 0 unspecified atom stereocenters. The third-order valence-corrected chi connectivity index (χ3v) is 9.22. The van der Waals surface area contributed by atoms with Gasteiger partial charge in [0.2, 0.25) is 10.0 Å². The van der Waals surface area contributed by atoms with Gasteiger partial charge in [-0.25, -0.2) is 13.1 Å². The molecule has 2 aliphatic carbocycles. The number of fused-ring (bicyclic) bond motifs is 2. The first-order chi connectivity index (χ1) is 20.3. The molecule has 1 aromatic rings. The second-order valence-corrected chi connectivity index (χ2v) is 13.8. The summed E-state index contributed by atoms with van der Waals surface area (Å²) in [5.74, 6) is -5.50. The molecule has 8 atom stereocenters. The Balaban J connectivity index is 1.62. The molecule has 0 radical (unpaired) electrons. The van der Waals surface area contributed by atoms with Gasteiger partial charge in [0.25, 0.3) is 0 Å². The number of rotatable bonds is 6. The minimum absolute atomic E-state index is 0.142. The van der Waals surface area contributed by atoms with Gasteiger partial charge in [0.1, 0.15) is 24.4 Å². The molecular formula is C29H35F3N2O9S. The van der Waals surface area contributed by atoms with Crippen LogP contribution < -0.4 is 4.72 Å². The normalized spacial score (nSPS) is 33.8. The second-order valence-electron chi connectivity index (χ2n) is 12.1. The maximum absolute atomic E-state index is 14.4. The standard InChI is InChI=1S/C29H35F3N2O9S/c1-15-7-9-17(10-8-15)44(37,38)33-22-18(11-13-20-24(22)42-27(3,4)40-20)34(26(36)29(30,31)32)19-12-14-21-25(23(19)39-16(2)35)43-28(5,6)41-21/h7-14,18-25,33H,1-6H3/t18-,19-,20+,21+,22+,23+,24+,25+/m0/s1. The maximum atomic E-state index is 14.4. The summed E-state index contributed by atoms with van der Waals surface area (Å²) in [5, 5.41) is 0. The average molecular weight is 645 g/mol.